The average molecular weight is 453 g/mol. The molecule has 180 valence electrons. The van der Waals surface area contributed by atoms with Gasteiger partial charge in [0.2, 0.25) is 0 Å². The van der Waals surface area contributed by atoms with E-state index in [0.29, 0.717) is 12.1 Å². The Bertz CT molecular complexity index is 1040. The molecule has 0 saturated carbocycles. The summed E-state index contributed by atoms with van der Waals surface area (Å²) in [6, 6.07) is 1.92. The normalized spacial score (nSPS) is 19.1. The standard InChI is InChI=1S/C24H34N6O.C2H6/c1-8-30-10-9-28(6)24(31)19-12-18(4)27-22(19)13-21(25-5)17(3)11-16(2)20-14-26-29(7)23(20)15-30;1-2/h11-14,25,27H,2,8-10,15H2,1,3-7H3;1-2H3/b17-11+,21-13-;. The summed E-state index contributed by atoms with van der Waals surface area (Å²) in [6.07, 6.45) is 5.95. The Morgan fingerprint density at radius 3 is 2.48 bits per heavy atom. The highest BCUT2D eigenvalue weighted by molar-refractivity contribution is 5.97. The molecule has 0 radical (unpaired) electrons. The summed E-state index contributed by atoms with van der Waals surface area (Å²) in [5.74, 6) is 0.0178. The van der Waals surface area contributed by atoms with E-state index in [1.165, 1.54) is 0 Å². The maximum Gasteiger partial charge on any atom is 0.255 e. The maximum absolute atomic E-state index is 13.2. The van der Waals surface area contributed by atoms with Gasteiger partial charge < -0.3 is 15.2 Å². The largest absolute Gasteiger partial charge is 0.388 e. The third-order valence-electron chi connectivity index (χ3n) is 5.91. The van der Waals surface area contributed by atoms with Crippen LogP contribution in [0.4, 0.5) is 0 Å². The lowest BCUT2D eigenvalue weighted by Crippen LogP contribution is -2.36. The number of nitrogens with one attached hydrogen (secondary N) is 2. The molecule has 0 unspecified atom stereocenters. The van der Waals surface area contributed by atoms with Gasteiger partial charge in [0.15, 0.2) is 0 Å². The highest BCUT2D eigenvalue weighted by Gasteiger charge is 2.20. The van der Waals surface area contributed by atoms with Crippen molar-refractivity contribution in [2.24, 2.45) is 7.05 Å². The van der Waals surface area contributed by atoms with E-state index in [0.717, 1.165) is 59.1 Å². The quantitative estimate of drug-likeness (QED) is 0.716. The Balaban J connectivity index is 0.00000187. The number of likely N-dealkylation sites (N-methyl/N-ethyl adjacent to an activating group) is 3. The summed E-state index contributed by atoms with van der Waals surface area (Å²) in [5, 5.41) is 7.75. The predicted molar refractivity (Wildman–Crippen MR) is 138 cm³/mol. The van der Waals surface area contributed by atoms with Crippen LogP contribution in [0, 0.1) is 6.92 Å². The van der Waals surface area contributed by atoms with E-state index >= 15 is 0 Å². The van der Waals surface area contributed by atoms with Crippen molar-refractivity contribution < 1.29 is 4.79 Å². The number of fused-ring (bicyclic) bond motifs is 2. The molecular weight excluding hydrogens is 412 g/mol. The second-order valence-corrected chi connectivity index (χ2v) is 8.16. The zero-order valence-corrected chi connectivity index (χ0v) is 21.5. The van der Waals surface area contributed by atoms with E-state index in [-0.39, 0.29) is 5.91 Å². The summed E-state index contributed by atoms with van der Waals surface area (Å²) in [4.78, 5) is 20.7. The number of carbonyl (C=O) groups is 1. The van der Waals surface area contributed by atoms with Crippen molar-refractivity contribution >= 4 is 17.6 Å². The fourth-order valence-corrected chi connectivity index (χ4v) is 3.92. The molecule has 0 fully saturated rings. The summed E-state index contributed by atoms with van der Waals surface area (Å²) >= 11 is 0. The summed E-state index contributed by atoms with van der Waals surface area (Å²) in [6.45, 7) is 17.5. The van der Waals surface area contributed by atoms with Crippen molar-refractivity contribution in [2.75, 3.05) is 33.7 Å². The van der Waals surface area contributed by atoms with Crippen molar-refractivity contribution in [1.29, 1.82) is 0 Å². The van der Waals surface area contributed by atoms with Gasteiger partial charge in [0.1, 0.15) is 0 Å². The van der Waals surface area contributed by atoms with E-state index < -0.39 is 0 Å². The zero-order chi connectivity index (χ0) is 24.7. The number of aromatic nitrogens is 3. The van der Waals surface area contributed by atoms with Crippen LogP contribution in [0.5, 0.6) is 0 Å². The fraction of sp³-hybridized carbons (Fsp3) is 0.462. The van der Waals surface area contributed by atoms with Crippen LogP contribution in [0.1, 0.15) is 60.7 Å². The maximum atomic E-state index is 13.2. The molecule has 3 heterocycles. The topological polar surface area (TPSA) is 69.2 Å². The Morgan fingerprint density at radius 2 is 1.85 bits per heavy atom. The van der Waals surface area contributed by atoms with Crippen molar-refractivity contribution in [3.63, 3.8) is 0 Å². The minimum Gasteiger partial charge on any atom is -0.388 e. The van der Waals surface area contributed by atoms with Gasteiger partial charge in [0, 0.05) is 57.7 Å². The van der Waals surface area contributed by atoms with Crippen LogP contribution in [0.25, 0.3) is 11.6 Å². The molecule has 0 bridgehead atoms. The molecule has 2 aromatic rings. The molecular formula is C26H40N6O. The van der Waals surface area contributed by atoms with Gasteiger partial charge in [-0.05, 0) is 49.8 Å². The fourth-order valence-electron chi connectivity index (χ4n) is 3.92. The van der Waals surface area contributed by atoms with Gasteiger partial charge in [-0.15, -0.1) is 0 Å². The number of amides is 1. The van der Waals surface area contributed by atoms with E-state index in [4.69, 9.17) is 0 Å². The van der Waals surface area contributed by atoms with Crippen molar-refractivity contribution in [3.05, 3.63) is 64.4 Å². The van der Waals surface area contributed by atoms with E-state index in [1.807, 2.05) is 71.9 Å². The first-order valence-corrected chi connectivity index (χ1v) is 11.7. The molecule has 7 nitrogen and oxygen atoms in total. The van der Waals surface area contributed by atoms with Crippen molar-refractivity contribution in [2.45, 2.75) is 41.2 Å². The number of H-pyrrole nitrogens is 1. The highest BCUT2D eigenvalue weighted by atomic mass is 16.2. The molecule has 1 amide bonds. The second-order valence-electron chi connectivity index (χ2n) is 8.16. The molecule has 3 rings (SSSR count). The van der Waals surface area contributed by atoms with Crippen LogP contribution < -0.4 is 5.32 Å². The van der Waals surface area contributed by atoms with Crippen LogP contribution in [0.15, 0.2) is 36.2 Å². The van der Waals surface area contributed by atoms with Crippen molar-refractivity contribution in [1.82, 2.24) is 29.9 Å². The molecule has 2 aromatic heterocycles. The molecule has 2 N–H and O–H groups in total. The number of aryl methyl sites for hydroxylation is 2. The molecule has 7 heteroatoms. The van der Waals surface area contributed by atoms with Gasteiger partial charge >= 0.3 is 0 Å². The minimum absolute atomic E-state index is 0.0178. The number of carbonyl (C=O) groups excluding carboxylic acids is 1. The molecule has 1 aliphatic heterocycles. The Labute approximate surface area is 198 Å². The van der Waals surface area contributed by atoms with Crippen LogP contribution in [0.3, 0.4) is 0 Å². The van der Waals surface area contributed by atoms with E-state index in [9.17, 15) is 4.79 Å². The molecule has 0 aromatic carbocycles. The molecule has 0 aliphatic carbocycles. The van der Waals surface area contributed by atoms with Crippen LogP contribution in [-0.2, 0) is 13.6 Å². The first kappa shape index (κ1) is 26.2. The minimum atomic E-state index is 0.0178. The lowest BCUT2D eigenvalue weighted by atomic mass is 10.0. The number of aromatic amines is 1. The summed E-state index contributed by atoms with van der Waals surface area (Å²) < 4.78 is 1.92. The zero-order valence-electron chi connectivity index (χ0n) is 21.5. The number of hydrogen-bond acceptors (Lipinski definition) is 4. The summed E-state index contributed by atoms with van der Waals surface area (Å²) in [7, 11) is 5.72. The number of hydrogen-bond donors (Lipinski definition) is 2. The van der Waals surface area contributed by atoms with Crippen molar-refractivity contribution in [3.8, 4) is 0 Å². The lowest BCUT2D eigenvalue weighted by Gasteiger charge is -2.25. The Kier molecular flexibility index (Phi) is 9.29. The monoisotopic (exact) mass is 452 g/mol. The lowest BCUT2D eigenvalue weighted by molar-refractivity contribution is 0.0776. The molecule has 0 spiro atoms. The molecule has 0 saturated heterocycles. The van der Waals surface area contributed by atoms with Gasteiger partial charge in [-0.1, -0.05) is 27.4 Å². The third-order valence-corrected chi connectivity index (χ3v) is 5.91. The smallest absolute Gasteiger partial charge is 0.255 e. The van der Waals surface area contributed by atoms with E-state index in [1.54, 1.807) is 4.90 Å². The van der Waals surface area contributed by atoms with Gasteiger partial charge in [-0.2, -0.15) is 5.10 Å². The molecule has 1 aliphatic rings. The van der Waals surface area contributed by atoms with E-state index in [2.05, 4.69) is 39.9 Å². The number of allylic oxidation sites excluding steroid dienone is 3. The van der Waals surface area contributed by atoms with Crippen LogP contribution in [0.2, 0.25) is 0 Å². The highest BCUT2D eigenvalue weighted by Crippen LogP contribution is 2.24. The first-order valence-electron chi connectivity index (χ1n) is 11.7. The molecule has 0 atom stereocenters. The summed E-state index contributed by atoms with van der Waals surface area (Å²) in [5.41, 5.74) is 7.50. The Morgan fingerprint density at radius 1 is 1.15 bits per heavy atom. The predicted octanol–water partition coefficient (Wildman–Crippen LogP) is 4.21. The van der Waals surface area contributed by atoms with Gasteiger partial charge in [-0.25, -0.2) is 0 Å². The van der Waals surface area contributed by atoms with Crippen LogP contribution >= 0.6 is 0 Å². The van der Waals surface area contributed by atoms with Gasteiger partial charge in [0.25, 0.3) is 5.91 Å². The molecule has 33 heavy (non-hydrogen) atoms. The second kappa shape index (κ2) is 11.7. The average Bonchev–Trinajstić information content (AvgIpc) is 3.36. The SMILES string of the molecule is C=C1/C=C(C)/C(NC)=C/c2[nH]c(C)cc2C(=O)N(C)CCN(CC)Cc2c1cnn2C.CC. The number of nitrogens with zero attached hydrogens (tertiary/aromatic N) is 4. The van der Waals surface area contributed by atoms with Gasteiger partial charge in [0.05, 0.1) is 23.1 Å². The Hall–Kier alpha value is -3.06. The van der Waals surface area contributed by atoms with Gasteiger partial charge in [-0.3, -0.25) is 14.4 Å². The number of rotatable bonds is 2. The van der Waals surface area contributed by atoms with Crippen LogP contribution in [-0.4, -0.2) is 64.2 Å². The first-order chi connectivity index (χ1) is 15.7. The third kappa shape index (κ3) is 6.05.